The van der Waals surface area contributed by atoms with Gasteiger partial charge in [0, 0.05) is 25.5 Å². The highest BCUT2D eigenvalue weighted by atomic mass is 19.3. The number of nitrogens with one attached hydrogen (secondary N) is 1. The first-order valence-electron chi connectivity index (χ1n) is 9.80. The number of fused-ring (bicyclic) bond motifs is 1. The van der Waals surface area contributed by atoms with E-state index in [1.54, 1.807) is 15.5 Å². The zero-order valence-electron chi connectivity index (χ0n) is 16.3. The number of alkyl halides is 2. The molecule has 0 atom stereocenters. The molecule has 7 nitrogen and oxygen atoms in total. The van der Waals surface area contributed by atoms with E-state index in [4.69, 9.17) is 10.8 Å². The van der Waals surface area contributed by atoms with Crippen LogP contribution in [0.15, 0.2) is 42.5 Å². The number of carboxylic acids is 1. The van der Waals surface area contributed by atoms with Gasteiger partial charge in [-0.2, -0.15) is 0 Å². The second-order valence-corrected chi connectivity index (χ2v) is 7.74. The van der Waals surface area contributed by atoms with Gasteiger partial charge >= 0.3 is 5.97 Å². The molecule has 3 aromatic rings. The Balaban J connectivity index is 0.000000313. The Kier molecular flexibility index (Phi) is 5.38. The molecule has 1 aromatic carbocycles. The van der Waals surface area contributed by atoms with Crippen molar-refractivity contribution in [2.45, 2.75) is 31.7 Å². The first kappa shape index (κ1) is 20.2. The fourth-order valence-electron chi connectivity index (χ4n) is 3.44. The smallest absolute Gasteiger partial charge is 0.306 e. The summed E-state index contributed by atoms with van der Waals surface area (Å²) in [5, 5.41) is 12.1. The second kappa shape index (κ2) is 7.98. The lowest BCUT2D eigenvalue weighted by Gasteiger charge is -2.16. The van der Waals surface area contributed by atoms with Crippen LogP contribution >= 0.6 is 0 Å². The predicted molar refractivity (Wildman–Crippen MR) is 108 cm³/mol. The summed E-state index contributed by atoms with van der Waals surface area (Å²) in [6.07, 6.45) is 1.74. The largest absolute Gasteiger partial charge is 0.481 e. The van der Waals surface area contributed by atoms with Crippen LogP contribution in [-0.2, 0) is 11.3 Å². The van der Waals surface area contributed by atoms with Crippen LogP contribution in [-0.4, -0.2) is 49.6 Å². The van der Waals surface area contributed by atoms with Crippen molar-refractivity contribution >= 4 is 17.6 Å². The number of nitrogens with zero attached hydrogens (tertiary/aromatic N) is 4. The number of pyridine rings is 1. The van der Waals surface area contributed by atoms with Crippen molar-refractivity contribution < 1.29 is 18.7 Å². The molecule has 2 aliphatic rings. The molecule has 30 heavy (non-hydrogen) atoms. The Hall–Kier alpha value is -3.07. The lowest BCUT2D eigenvalue weighted by atomic mass is 10.1. The minimum atomic E-state index is -2.56. The molecule has 2 fully saturated rings. The molecule has 0 unspecified atom stereocenters. The third-order valence-corrected chi connectivity index (χ3v) is 5.19. The van der Waals surface area contributed by atoms with Crippen molar-refractivity contribution in [2.24, 2.45) is 5.92 Å². The van der Waals surface area contributed by atoms with Crippen LogP contribution in [0.4, 0.5) is 14.7 Å². The zero-order chi connectivity index (χ0) is 21.3. The number of aliphatic carboxylic acids is 1. The molecule has 9 heteroatoms. The van der Waals surface area contributed by atoms with E-state index in [2.05, 4.69) is 10.1 Å². The van der Waals surface area contributed by atoms with Crippen molar-refractivity contribution in [3.05, 3.63) is 53.8 Å². The molecule has 2 N–H and O–H groups in total. The van der Waals surface area contributed by atoms with Crippen molar-refractivity contribution in [3.63, 3.8) is 0 Å². The number of hydrogen-bond acceptors (Lipinski definition) is 4. The number of hydrogen-bond donors (Lipinski definition) is 1. The van der Waals surface area contributed by atoms with Crippen LogP contribution in [0.25, 0.3) is 22.6 Å². The summed E-state index contributed by atoms with van der Waals surface area (Å²) in [5.41, 5.74) is 11.0. The standard InChI is InChI=1S/C17H16F2N5.C4H6O2/c18-17(19)8-9-23(11-17)10-12-4-6-13(7-5-12)14-2-1-3-15-21-16(20)22-24(14)15;5-4(6)3-1-2-3/h1-7H,8-11H2,(H-,20,22);3H,1-2H2,(H,5,6)/q-1;. The fraction of sp³-hybridized carbons (Fsp3) is 0.381. The fourth-order valence-corrected chi connectivity index (χ4v) is 3.44. The molecule has 1 saturated carbocycles. The minimum absolute atomic E-state index is 0.0185. The number of halogens is 2. The van der Waals surface area contributed by atoms with Gasteiger partial charge in [-0.15, -0.1) is 0 Å². The number of carboxylic acid groups (broad SMARTS) is 1. The summed E-state index contributed by atoms with van der Waals surface area (Å²) in [7, 11) is 0. The zero-order valence-corrected chi connectivity index (χ0v) is 16.3. The third-order valence-electron chi connectivity index (χ3n) is 5.19. The summed E-state index contributed by atoms with van der Waals surface area (Å²) in [6, 6.07) is 13.4. The summed E-state index contributed by atoms with van der Waals surface area (Å²) >= 11 is 0. The Morgan fingerprint density at radius 2 is 1.93 bits per heavy atom. The average Bonchev–Trinajstić information content (AvgIpc) is 3.40. The Bertz CT molecular complexity index is 1050. The topological polar surface area (TPSA) is 94.5 Å². The molecule has 2 aromatic heterocycles. The molecule has 158 valence electrons. The van der Waals surface area contributed by atoms with Crippen LogP contribution in [0.1, 0.15) is 24.8 Å². The molecule has 0 spiro atoms. The van der Waals surface area contributed by atoms with Crippen molar-refractivity contribution in [1.82, 2.24) is 19.5 Å². The van der Waals surface area contributed by atoms with Gasteiger partial charge in [0.25, 0.3) is 5.92 Å². The van der Waals surface area contributed by atoms with E-state index in [0.29, 0.717) is 18.7 Å². The maximum Gasteiger partial charge on any atom is 0.306 e. The maximum atomic E-state index is 13.3. The van der Waals surface area contributed by atoms with E-state index in [0.717, 1.165) is 29.7 Å². The van der Waals surface area contributed by atoms with E-state index < -0.39 is 11.9 Å². The SMILES string of the molecule is O=C(O)C1CC1.[NH-]c1nc2cccc(-c3ccc(CN4CCC(F)(F)C4)cc3)n2n1. The Morgan fingerprint density at radius 3 is 2.50 bits per heavy atom. The van der Waals surface area contributed by atoms with E-state index >= 15 is 0 Å². The summed E-state index contributed by atoms with van der Waals surface area (Å²) in [4.78, 5) is 15.6. The van der Waals surface area contributed by atoms with Gasteiger partial charge in [-0.05, 0) is 36.1 Å². The van der Waals surface area contributed by atoms with Crippen LogP contribution < -0.4 is 0 Å². The maximum absolute atomic E-state index is 13.3. The molecular weight excluding hydrogens is 392 g/mol. The number of rotatable bonds is 4. The summed E-state index contributed by atoms with van der Waals surface area (Å²) in [6.45, 7) is 0.791. The first-order valence-corrected chi connectivity index (χ1v) is 9.80. The summed E-state index contributed by atoms with van der Waals surface area (Å²) < 4.78 is 28.2. The van der Waals surface area contributed by atoms with Crippen LogP contribution in [0.5, 0.6) is 0 Å². The lowest BCUT2D eigenvalue weighted by Crippen LogP contribution is -2.24. The molecule has 1 saturated heterocycles. The van der Waals surface area contributed by atoms with E-state index in [1.165, 1.54) is 0 Å². The summed E-state index contributed by atoms with van der Waals surface area (Å²) in [5.74, 6) is -3.19. The number of benzene rings is 1. The molecule has 0 bridgehead atoms. The molecule has 5 rings (SSSR count). The molecule has 0 radical (unpaired) electrons. The highest BCUT2D eigenvalue weighted by molar-refractivity contribution is 5.72. The van der Waals surface area contributed by atoms with E-state index in [1.807, 2.05) is 36.4 Å². The van der Waals surface area contributed by atoms with E-state index in [-0.39, 0.29) is 24.8 Å². The van der Waals surface area contributed by atoms with Gasteiger partial charge in [0.2, 0.25) is 0 Å². The normalized spacial score (nSPS) is 18.2. The molecule has 1 aliphatic heterocycles. The molecular formula is C21H22F2N5O2-. The van der Waals surface area contributed by atoms with Crippen LogP contribution in [0.2, 0.25) is 0 Å². The number of aromatic nitrogens is 3. The van der Waals surface area contributed by atoms with Gasteiger partial charge in [0.15, 0.2) is 0 Å². The van der Waals surface area contributed by atoms with Crippen molar-refractivity contribution in [3.8, 4) is 11.3 Å². The molecule has 0 amide bonds. The predicted octanol–water partition coefficient (Wildman–Crippen LogP) is 4.40. The minimum Gasteiger partial charge on any atom is -0.481 e. The highest BCUT2D eigenvalue weighted by Gasteiger charge is 2.37. The lowest BCUT2D eigenvalue weighted by molar-refractivity contribution is -0.138. The van der Waals surface area contributed by atoms with Gasteiger partial charge < -0.3 is 15.8 Å². The molecule has 3 heterocycles. The number of likely N-dealkylation sites (tertiary alicyclic amines) is 1. The van der Waals surface area contributed by atoms with Gasteiger partial charge in [-0.1, -0.05) is 30.3 Å². The van der Waals surface area contributed by atoms with Gasteiger partial charge in [-0.3, -0.25) is 19.3 Å². The average molecular weight is 414 g/mol. The monoisotopic (exact) mass is 414 g/mol. The third kappa shape index (κ3) is 4.73. The van der Waals surface area contributed by atoms with Crippen LogP contribution in [0, 0.1) is 5.92 Å². The molecule has 1 aliphatic carbocycles. The Labute approximate surface area is 172 Å². The highest BCUT2D eigenvalue weighted by Crippen LogP contribution is 2.29. The van der Waals surface area contributed by atoms with Gasteiger partial charge in [-0.25, -0.2) is 8.78 Å². The van der Waals surface area contributed by atoms with Crippen molar-refractivity contribution in [2.75, 3.05) is 13.1 Å². The van der Waals surface area contributed by atoms with Crippen molar-refractivity contribution in [1.29, 1.82) is 0 Å². The quantitative estimate of drug-likeness (QED) is 0.683. The van der Waals surface area contributed by atoms with Crippen LogP contribution in [0.3, 0.4) is 0 Å². The number of carbonyl (C=O) groups is 1. The first-order chi connectivity index (χ1) is 14.3. The van der Waals surface area contributed by atoms with E-state index in [9.17, 15) is 13.6 Å². The van der Waals surface area contributed by atoms with Gasteiger partial charge in [0.05, 0.1) is 23.8 Å². The van der Waals surface area contributed by atoms with Gasteiger partial charge in [0.1, 0.15) is 0 Å². The second-order valence-electron chi connectivity index (χ2n) is 7.74. The Morgan fingerprint density at radius 1 is 1.20 bits per heavy atom.